The van der Waals surface area contributed by atoms with Crippen LogP contribution in [0.25, 0.3) is 0 Å². The Bertz CT molecular complexity index is 606. The van der Waals surface area contributed by atoms with Crippen molar-refractivity contribution >= 4 is 21.6 Å². The Morgan fingerprint density at radius 1 is 1.20 bits per heavy atom. The van der Waals surface area contributed by atoms with Gasteiger partial charge in [0.05, 0.1) is 17.7 Å². The Labute approximate surface area is 128 Å². The molecule has 1 N–H and O–H groups in total. The first-order valence-corrected chi connectivity index (χ1v) is 7.36. The van der Waals surface area contributed by atoms with Gasteiger partial charge in [-0.3, -0.25) is 0 Å². The molecule has 0 spiro atoms. The Balaban J connectivity index is 2.14. The van der Waals surface area contributed by atoms with Crippen LogP contribution >= 0.6 is 15.9 Å². The van der Waals surface area contributed by atoms with Gasteiger partial charge in [0.2, 0.25) is 0 Å². The summed E-state index contributed by atoms with van der Waals surface area (Å²) >= 11 is 3.58. The molecule has 0 amide bonds. The predicted molar refractivity (Wildman–Crippen MR) is 86.9 cm³/mol. The number of nitrogens with zero attached hydrogens (tertiary/aromatic N) is 1. The minimum Gasteiger partial charge on any atom is -0.382 e. The van der Waals surface area contributed by atoms with Crippen LogP contribution in [0.2, 0.25) is 0 Å². The van der Waals surface area contributed by atoms with E-state index in [0.29, 0.717) is 6.54 Å². The first-order valence-electron chi connectivity index (χ1n) is 6.57. The molecule has 0 radical (unpaired) electrons. The molecule has 0 saturated heterocycles. The van der Waals surface area contributed by atoms with Gasteiger partial charge in [-0.25, -0.2) is 0 Å². The molecule has 0 fully saturated rings. The fourth-order valence-electron chi connectivity index (χ4n) is 2.27. The highest BCUT2D eigenvalue weighted by Gasteiger charge is 2.12. The van der Waals surface area contributed by atoms with E-state index in [9.17, 15) is 5.26 Å². The average molecular weight is 329 g/mol. The van der Waals surface area contributed by atoms with Crippen molar-refractivity contribution in [2.24, 2.45) is 0 Å². The van der Waals surface area contributed by atoms with Gasteiger partial charge in [0.15, 0.2) is 0 Å². The van der Waals surface area contributed by atoms with Gasteiger partial charge >= 0.3 is 0 Å². The third-order valence-electron chi connectivity index (χ3n) is 3.27. The van der Waals surface area contributed by atoms with Crippen LogP contribution in [0, 0.1) is 25.2 Å². The molecule has 0 bridgehead atoms. The van der Waals surface area contributed by atoms with Crippen molar-refractivity contribution in [3.8, 4) is 6.07 Å². The molecule has 0 aromatic heterocycles. The smallest absolute Gasteiger partial charge is 0.0885 e. The van der Waals surface area contributed by atoms with Crippen molar-refractivity contribution in [2.45, 2.75) is 19.8 Å². The van der Waals surface area contributed by atoms with Gasteiger partial charge in [0.1, 0.15) is 0 Å². The highest BCUT2D eigenvalue weighted by molar-refractivity contribution is 9.10. The topological polar surface area (TPSA) is 35.8 Å². The number of anilines is 1. The second kappa shape index (κ2) is 6.58. The normalized spacial score (nSPS) is 11.7. The van der Waals surface area contributed by atoms with Crippen LogP contribution in [-0.2, 0) is 0 Å². The van der Waals surface area contributed by atoms with E-state index in [0.717, 1.165) is 15.7 Å². The fourth-order valence-corrected chi connectivity index (χ4v) is 3.08. The summed E-state index contributed by atoms with van der Waals surface area (Å²) in [4.78, 5) is 0. The SMILES string of the molecule is Cc1cc(C)c(NCC(C#N)c2ccccc2)c(Br)c1. The molecule has 1 unspecified atom stereocenters. The van der Waals surface area contributed by atoms with E-state index in [1.807, 2.05) is 30.3 Å². The van der Waals surface area contributed by atoms with Gasteiger partial charge < -0.3 is 5.32 Å². The van der Waals surface area contributed by atoms with E-state index in [4.69, 9.17) is 0 Å². The number of halogens is 1. The number of benzene rings is 2. The molecule has 102 valence electrons. The fraction of sp³-hybridized carbons (Fsp3) is 0.235. The molecule has 2 aromatic rings. The van der Waals surface area contributed by atoms with Crippen molar-refractivity contribution in [2.75, 3.05) is 11.9 Å². The summed E-state index contributed by atoms with van der Waals surface area (Å²) in [7, 11) is 0. The van der Waals surface area contributed by atoms with Crippen LogP contribution < -0.4 is 5.32 Å². The first kappa shape index (κ1) is 14.6. The molecule has 1 atom stereocenters. The van der Waals surface area contributed by atoms with Crippen molar-refractivity contribution in [3.05, 3.63) is 63.6 Å². The van der Waals surface area contributed by atoms with Crippen molar-refractivity contribution in [1.29, 1.82) is 5.26 Å². The summed E-state index contributed by atoms with van der Waals surface area (Å²) in [5.74, 6) is -0.149. The van der Waals surface area contributed by atoms with E-state index >= 15 is 0 Å². The van der Waals surface area contributed by atoms with Crippen LogP contribution in [-0.4, -0.2) is 6.54 Å². The molecule has 0 heterocycles. The van der Waals surface area contributed by atoms with E-state index in [-0.39, 0.29) is 5.92 Å². The van der Waals surface area contributed by atoms with Crippen LogP contribution in [0.15, 0.2) is 46.9 Å². The van der Waals surface area contributed by atoms with E-state index in [2.05, 4.69) is 53.3 Å². The van der Waals surface area contributed by atoms with Crippen LogP contribution in [0.1, 0.15) is 22.6 Å². The van der Waals surface area contributed by atoms with Crippen molar-refractivity contribution in [3.63, 3.8) is 0 Å². The number of hydrogen-bond acceptors (Lipinski definition) is 2. The number of aryl methyl sites for hydroxylation is 2. The minimum atomic E-state index is -0.149. The van der Waals surface area contributed by atoms with Gasteiger partial charge in [-0.05, 0) is 52.5 Å². The quantitative estimate of drug-likeness (QED) is 0.876. The largest absolute Gasteiger partial charge is 0.382 e. The summed E-state index contributed by atoms with van der Waals surface area (Å²) in [6.45, 7) is 4.75. The van der Waals surface area contributed by atoms with Gasteiger partial charge in [0.25, 0.3) is 0 Å². The second-order valence-corrected chi connectivity index (χ2v) is 5.77. The molecule has 2 aromatic carbocycles. The lowest BCUT2D eigenvalue weighted by molar-refractivity contribution is 0.898. The lowest BCUT2D eigenvalue weighted by atomic mass is 10.0. The molecule has 20 heavy (non-hydrogen) atoms. The zero-order valence-electron chi connectivity index (χ0n) is 11.7. The average Bonchev–Trinajstić information content (AvgIpc) is 2.43. The molecule has 2 rings (SSSR count). The number of hydrogen-bond donors (Lipinski definition) is 1. The van der Waals surface area contributed by atoms with Crippen LogP contribution in [0.5, 0.6) is 0 Å². The number of nitriles is 1. The second-order valence-electron chi connectivity index (χ2n) is 4.91. The monoisotopic (exact) mass is 328 g/mol. The Morgan fingerprint density at radius 3 is 2.50 bits per heavy atom. The molecule has 0 aliphatic carbocycles. The summed E-state index contributed by atoms with van der Waals surface area (Å²) in [5, 5.41) is 12.7. The van der Waals surface area contributed by atoms with E-state index in [1.54, 1.807) is 0 Å². The zero-order valence-corrected chi connectivity index (χ0v) is 13.2. The zero-order chi connectivity index (χ0) is 14.5. The van der Waals surface area contributed by atoms with Crippen molar-refractivity contribution < 1.29 is 0 Å². The Morgan fingerprint density at radius 2 is 1.90 bits per heavy atom. The van der Waals surface area contributed by atoms with Gasteiger partial charge in [0, 0.05) is 11.0 Å². The summed E-state index contributed by atoms with van der Waals surface area (Å²) < 4.78 is 1.04. The van der Waals surface area contributed by atoms with E-state index < -0.39 is 0 Å². The minimum absolute atomic E-state index is 0.149. The maximum absolute atomic E-state index is 9.34. The summed E-state index contributed by atoms with van der Waals surface area (Å²) in [6, 6.07) is 16.5. The molecule has 0 saturated carbocycles. The highest BCUT2D eigenvalue weighted by Crippen LogP contribution is 2.28. The lowest BCUT2D eigenvalue weighted by Gasteiger charge is -2.15. The highest BCUT2D eigenvalue weighted by atomic mass is 79.9. The molecular formula is C17H17BrN2. The summed E-state index contributed by atoms with van der Waals surface area (Å²) in [5.41, 5.74) is 4.51. The number of rotatable bonds is 4. The van der Waals surface area contributed by atoms with Gasteiger partial charge in [-0.2, -0.15) is 5.26 Å². The first-order chi connectivity index (χ1) is 9.61. The van der Waals surface area contributed by atoms with Crippen LogP contribution in [0.3, 0.4) is 0 Å². The number of nitrogens with one attached hydrogen (secondary N) is 1. The third kappa shape index (κ3) is 3.40. The van der Waals surface area contributed by atoms with Gasteiger partial charge in [-0.1, -0.05) is 36.4 Å². The molecule has 3 heteroatoms. The lowest BCUT2D eigenvalue weighted by Crippen LogP contribution is -2.12. The standard InChI is InChI=1S/C17H17BrN2/c1-12-8-13(2)17(16(18)9-12)20-11-15(10-19)14-6-4-3-5-7-14/h3-9,15,20H,11H2,1-2H3. The van der Waals surface area contributed by atoms with E-state index in [1.165, 1.54) is 11.1 Å². The molecule has 0 aliphatic heterocycles. The molecule has 2 nitrogen and oxygen atoms in total. The van der Waals surface area contributed by atoms with Crippen LogP contribution in [0.4, 0.5) is 5.69 Å². The third-order valence-corrected chi connectivity index (χ3v) is 3.90. The molecular weight excluding hydrogens is 312 g/mol. The van der Waals surface area contributed by atoms with Crippen molar-refractivity contribution in [1.82, 2.24) is 0 Å². The molecule has 0 aliphatic rings. The maximum atomic E-state index is 9.34. The Kier molecular flexibility index (Phi) is 4.81. The Hall–Kier alpha value is -1.79. The summed E-state index contributed by atoms with van der Waals surface area (Å²) in [6.07, 6.45) is 0. The predicted octanol–water partition coefficient (Wildman–Crippen LogP) is 4.79. The van der Waals surface area contributed by atoms with Gasteiger partial charge in [-0.15, -0.1) is 0 Å². The maximum Gasteiger partial charge on any atom is 0.0885 e.